The predicted octanol–water partition coefficient (Wildman–Crippen LogP) is 3.24. The molecule has 0 spiro atoms. The fraction of sp³-hybridized carbons (Fsp3) is 0.188. The van der Waals surface area contributed by atoms with E-state index in [4.69, 9.17) is 4.74 Å². The molecule has 2 aromatic heterocycles. The average molecular weight is 316 g/mol. The molecule has 0 aliphatic carbocycles. The number of methoxy groups -OCH3 is 1. The van der Waals surface area contributed by atoms with Crippen molar-refractivity contribution >= 4 is 0 Å². The number of ether oxygens (including phenoxy) is 1. The summed E-state index contributed by atoms with van der Waals surface area (Å²) in [5.74, 6) is -1.46. The van der Waals surface area contributed by atoms with Crippen LogP contribution in [0.1, 0.15) is 18.7 Å². The van der Waals surface area contributed by atoms with Gasteiger partial charge in [-0.25, -0.2) is 23.7 Å². The molecule has 0 aliphatic heterocycles. The second-order valence-electron chi connectivity index (χ2n) is 4.91. The van der Waals surface area contributed by atoms with E-state index < -0.39 is 11.6 Å². The predicted molar refractivity (Wildman–Crippen MR) is 80.0 cm³/mol. The quantitative estimate of drug-likeness (QED) is 0.741. The van der Waals surface area contributed by atoms with E-state index in [9.17, 15) is 8.78 Å². The van der Waals surface area contributed by atoms with E-state index in [1.807, 2.05) is 6.92 Å². The first-order valence-electron chi connectivity index (χ1n) is 6.94. The topological polar surface area (TPSA) is 52.8 Å². The van der Waals surface area contributed by atoms with Crippen molar-refractivity contribution in [2.75, 3.05) is 7.11 Å². The van der Waals surface area contributed by atoms with Crippen LogP contribution in [0, 0.1) is 11.6 Å². The van der Waals surface area contributed by atoms with Crippen LogP contribution in [0.15, 0.2) is 43.1 Å². The molecule has 0 unspecified atom stereocenters. The van der Waals surface area contributed by atoms with Gasteiger partial charge >= 0.3 is 0 Å². The summed E-state index contributed by atoms with van der Waals surface area (Å²) >= 11 is 0. The lowest BCUT2D eigenvalue weighted by molar-refractivity contribution is 0.408. The molecule has 0 N–H and O–H groups in total. The molecule has 3 aromatic rings. The summed E-state index contributed by atoms with van der Waals surface area (Å²) in [6.07, 6.45) is 6.27. The first kappa shape index (κ1) is 15.1. The molecule has 7 heteroatoms. The van der Waals surface area contributed by atoms with E-state index in [0.29, 0.717) is 0 Å². The van der Waals surface area contributed by atoms with Crippen molar-refractivity contribution in [2.24, 2.45) is 0 Å². The third kappa shape index (κ3) is 2.65. The smallest absolute Gasteiger partial charge is 0.173 e. The van der Waals surface area contributed by atoms with Gasteiger partial charge in [0.2, 0.25) is 0 Å². The van der Waals surface area contributed by atoms with Crippen molar-refractivity contribution in [3.63, 3.8) is 0 Å². The van der Waals surface area contributed by atoms with Gasteiger partial charge in [-0.3, -0.25) is 0 Å². The maximum atomic E-state index is 14.3. The van der Waals surface area contributed by atoms with Crippen LogP contribution in [0.2, 0.25) is 0 Å². The zero-order valence-electron chi connectivity index (χ0n) is 12.6. The fourth-order valence-corrected chi connectivity index (χ4v) is 2.42. The van der Waals surface area contributed by atoms with E-state index in [-0.39, 0.29) is 23.2 Å². The zero-order chi connectivity index (χ0) is 16.4. The molecule has 1 atom stereocenters. The molecular formula is C16H14F2N4O. The lowest BCUT2D eigenvalue weighted by Crippen LogP contribution is -2.10. The number of benzene rings is 1. The number of nitrogens with zero attached hydrogens (tertiary/aromatic N) is 4. The maximum Gasteiger partial charge on any atom is 0.173 e. The molecule has 23 heavy (non-hydrogen) atoms. The van der Waals surface area contributed by atoms with E-state index in [2.05, 4.69) is 15.0 Å². The second-order valence-corrected chi connectivity index (χ2v) is 4.91. The first-order chi connectivity index (χ1) is 11.1. The molecule has 0 saturated carbocycles. The highest BCUT2D eigenvalue weighted by Crippen LogP contribution is 2.34. The van der Waals surface area contributed by atoms with Crippen LogP contribution in [0.4, 0.5) is 8.78 Å². The van der Waals surface area contributed by atoms with Crippen LogP contribution in [-0.4, -0.2) is 26.6 Å². The summed E-state index contributed by atoms with van der Waals surface area (Å²) in [6.45, 7) is 1.89. The summed E-state index contributed by atoms with van der Waals surface area (Å²) in [7, 11) is 1.40. The minimum atomic E-state index is -0.994. The number of rotatable bonds is 4. The monoisotopic (exact) mass is 316 g/mol. The normalized spacial score (nSPS) is 12.2. The van der Waals surface area contributed by atoms with E-state index >= 15 is 0 Å². The van der Waals surface area contributed by atoms with Gasteiger partial charge in [0, 0.05) is 18.6 Å². The van der Waals surface area contributed by atoms with Gasteiger partial charge < -0.3 is 9.30 Å². The number of imidazole rings is 1. The molecular weight excluding hydrogens is 302 g/mol. The molecule has 0 aliphatic rings. The number of hydrogen-bond donors (Lipinski definition) is 0. The summed E-state index contributed by atoms with van der Waals surface area (Å²) in [6, 6.07) is 3.93. The molecule has 3 rings (SSSR count). The third-order valence-electron chi connectivity index (χ3n) is 3.62. The molecule has 0 radical (unpaired) electrons. The summed E-state index contributed by atoms with van der Waals surface area (Å²) in [5, 5.41) is 0. The second kappa shape index (κ2) is 6.12. The molecule has 0 fully saturated rings. The molecule has 0 bridgehead atoms. The van der Waals surface area contributed by atoms with Crippen molar-refractivity contribution in [1.29, 1.82) is 0 Å². The first-order valence-corrected chi connectivity index (χ1v) is 6.94. The van der Waals surface area contributed by atoms with Crippen molar-refractivity contribution in [3.05, 3.63) is 60.4 Å². The number of aromatic nitrogens is 4. The van der Waals surface area contributed by atoms with Crippen LogP contribution < -0.4 is 4.74 Å². The molecule has 1 aromatic carbocycles. The highest BCUT2D eigenvalue weighted by molar-refractivity contribution is 5.66. The molecule has 5 nitrogen and oxygen atoms in total. The Morgan fingerprint density at radius 3 is 2.65 bits per heavy atom. The summed E-state index contributed by atoms with van der Waals surface area (Å²) in [5.41, 5.74) is 0.716. The Balaban J connectivity index is 2.14. The molecule has 2 heterocycles. The maximum absolute atomic E-state index is 14.3. The van der Waals surface area contributed by atoms with E-state index in [0.717, 1.165) is 11.8 Å². The lowest BCUT2D eigenvalue weighted by Gasteiger charge is -2.17. The van der Waals surface area contributed by atoms with Gasteiger partial charge in [0.15, 0.2) is 11.6 Å². The Kier molecular flexibility index (Phi) is 4.01. The van der Waals surface area contributed by atoms with Crippen molar-refractivity contribution in [2.45, 2.75) is 13.0 Å². The van der Waals surface area contributed by atoms with E-state index in [1.165, 1.54) is 25.7 Å². The Hall–Kier alpha value is -2.83. The Morgan fingerprint density at radius 1 is 1.13 bits per heavy atom. The van der Waals surface area contributed by atoms with Crippen LogP contribution in [0.5, 0.6) is 5.75 Å². The minimum absolute atomic E-state index is 0.0154. The van der Waals surface area contributed by atoms with Crippen LogP contribution in [0.25, 0.3) is 11.4 Å². The standard InChI is InChI=1S/C16H14F2N4O/c1-10(12-5-6-19-9-21-12)22-8-7-20-16(22)14-13(23-2)4-3-11(17)15(14)18/h3-10H,1-2H3/t10-/m0/s1. The average Bonchev–Trinajstić information content (AvgIpc) is 3.06. The van der Waals surface area contributed by atoms with Gasteiger partial charge in [-0.1, -0.05) is 0 Å². The SMILES string of the molecule is COc1ccc(F)c(F)c1-c1nccn1[C@@H](C)c1ccncn1. The Labute approximate surface area is 131 Å². The molecule has 118 valence electrons. The number of hydrogen-bond acceptors (Lipinski definition) is 4. The van der Waals surface area contributed by atoms with Gasteiger partial charge in [-0.2, -0.15) is 0 Å². The van der Waals surface area contributed by atoms with E-state index in [1.54, 1.807) is 23.0 Å². The van der Waals surface area contributed by atoms with Crippen LogP contribution in [0.3, 0.4) is 0 Å². The van der Waals surface area contributed by atoms with Gasteiger partial charge in [0.25, 0.3) is 0 Å². The van der Waals surface area contributed by atoms with Gasteiger partial charge in [-0.15, -0.1) is 0 Å². The van der Waals surface area contributed by atoms with Gasteiger partial charge in [0.05, 0.1) is 24.4 Å². The zero-order valence-corrected chi connectivity index (χ0v) is 12.6. The van der Waals surface area contributed by atoms with Crippen LogP contribution >= 0.6 is 0 Å². The molecule has 0 saturated heterocycles. The highest BCUT2D eigenvalue weighted by Gasteiger charge is 2.22. The third-order valence-corrected chi connectivity index (χ3v) is 3.62. The number of halogens is 2. The minimum Gasteiger partial charge on any atom is -0.496 e. The largest absolute Gasteiger partial charge is 0.496 e. The van der Waals surface area contributed by atoms with Gasteiger partial charge in [0.1, 0.15) is 17.9 Å². The van der Waals surface area contributed by atoms with Crippen molar-refractivity contribution in [1.82, 2.24) is 19.5 Å². The Bertz CT molecular complexity index is 820. The van der Waals surface area contributed by atoms with Gasteiger partial charge in [-0.05, 0) is 25.1 Å². The summed E-state index contributed by atoms with van der Waals surface area (Å²) in [4.78, 5) is 12.2. The molecule has 0 amide bonds. The van der Waals surface area contributed by atoms with Crippen LogP contribution in [-0.2, 0) is 0 Å². The Morgan fingerprint density at radius 2 is 1.96 bits per heavy atom. The fourth-order valence-electron chi connectivity index (χ4n) is 2.42. The lowest BCUT2D eigenvalue weighted by atomic mass is 10.1. The van der Waals surface area contributed by atoms with Crippen molar-refractivity contribution in [3.8, 4) is 17.1 Å². The highest BCUT2D eigenvalue weighted by atomic mass is 19.2. The van der Waals surface area contributed by atoms with Crippen molar-refractivity contribution < 1.29 is 13.5 Å². The summed E-state index contributed by atoms with van der Waals surface area (Å²) < 4.78 is 34.9.